The zero-order valence-electron chi connectivity index (χ0n) is 22.2. The van der Waals surface area contributed by atoms with Crippen LogP contribution in [0.2, 0.25) is 0 Å². The van der Waals surface area contributed by atoms with Crippen molar-refractivity contribution in [3.8, 4) is 11.5 Å². The maximum Gasteiger partial charge on any atom is 0.253 e. The number of carbonyl (C=O) groups is 2. The minimum Gasteiger partial charge on any atom is -0.497 e. The van der Waals surface area contributed by atoms with Crippen molar-refractivity contribution in [1.29, 1.82) is 0 Å². The Kier molecular flexibility index (Phi) is 8.46. The molecule has 12 heteroatoms. The fourth-order valence-corrected chi connectivity index (χ4v) is 5.76. The van der Waals surface area contributed by atoms with E-state index in [-0.39, 0.29) is 30.2 Å². The van der Waals surface area contributed by atoms with Crippen molar-refractivity contribution in [3.05, 3.63) is 87.9 Å². The average Bonchev–Trinajstić information content (AvgIpc) is 3.75. The Morgan fingerprint density at radius 2 is 1.85 bits per heavy atom. The smallest absolute Gasteiger partial charge is 0.253 e. The van der Waals surface area contributed by atoms with Crippen LogP contribution in [0.3, 0.4) is 0 Å². The largest absolute Gasteiger partial charge is 0.497 e. The van der Waals surface area contributed by atoms with Crippen LogP contribution in [-0.4, -0.2) is 57.3 Å². The number of hydrogen-bond donors (Lipinski definition) is 1. The molecule has 0 bridgehead atoms. The lowest BCUT2D eigenvalue weighted by Crippen LogP contribution is -2.28. The van der Waals surface area contributed by atoms with Crippen LogP contribution < -0.4 is 14.8 Å². The van der Waals surface area contributed by atoms with Crippen LogP contribution in [-0.2, 0) is 18.4 Å². The lowest BCUT2D eigenvalue weighted by molar-refractivity contribution is -0.130. The number of thiophene rings is 1. The first-order chi connectivity index (χ1) is 19.5. The van der Waals surface area contributed by atoms with E-state index in [1.165, 1.54) is 11.8 Å². The summed E-state index contributed by atoms with van der Waals surface area (Å²) in [6.45, 7) is 0.189. The highest BCUT2D eigenvalue weighted by molar-refractivity contribution is 7.99. The molecule has 1 atom stereocenters. The Labute approximate surface area is 240 Å². The molecule has 0 unspecified atom stereocenters. The second kappa shape index (κ2) is 12.3. The number of carbonyl (C=O) groups excluding carboxylic acids is 2. The molecule has 5 rings (SSSR count). The Morgan fingerprint density at radius 3 is 2.58 bits per heavy atom. The molecule has 3 heterocycles. The Morgan fingerprint density at radius 1 is 1.05 bits per heavy atom. The third-order valence-corrected chi connectivity index (χ3v) is 8.38. The maximum atomic E-state index is 13.4. The summed E-state index contributed by atoms with van der Waals surface area (Å²) in [6, 6.07) is 18.4. The molecule has 40 heavy (non-hydrogen) atoms. The second-order valence-corrected chi connectivity index (χ2v) is 10.8. The molecule has 0 saturated heterocycles. The van der Waals surface area contributed by atoms with Crippen molar-refractivity contribution in [2.45, 2.75) is 24.2 Å². The average molecular weight is 577 g/mol. The number of nitrogens with one attached hydrogen (secondary N) is 1. The fourth-order valence-electron chi connectivity index (χ4n) is 4.26. The predicted octanol–water partition coefficient (Wildman–Crippen LogP) is 4.29. The van der Waals surface area contributed by atoms with Gasteiger partial charge in [-0.05, 0) is 47.3 Å². The van der Waals surface area contributed by atoms with E-state index in [4.69, 9.17) is 14.6 Å². The molecule has 1 aliphatic heterocycles. The number of ether oxygens (including phenoxy) is 2. The molecular weight excluding hydrogens is 548 g/mol. The van der Waals surface area contributed by atoms with Crippen molar-refractivity contribution in [2.75, 3.05) is 20.0 Å². The standard InChI is InChI=1S/C28H28N6O4S2/c1-33-25(16-29-27(36)19-6-4-7-21(14-19)38-3)30-31-28(33)40-17-26(35)34-23(18-9-11-20(37-2)12-10-18)15-22(32-34)24-8-5-13-39-24/h4-14,23H,15-17H2,1-3H3,(H,29,36)/t23-/m1/s1. The van der Waals surface area contributed by atoms with E-state index in [9.17, 15) is 9.59 Å². The van der Waals surface area contributed by atoms with E-state index >= 15 is 0 Å². The second-order valence-electron chi connectivity index (χ2n) is 8.92. The highest BCUT2D eigenvalue weighted by Crippen LogP contribution is 2.35. The van der Waals surface area contributed by atoms with Gasteiger partial charge in [0.25, 0.3) is 11.8 Å². The Balaban J connectivity index is 1.24. The summed E-state index contributed by atoms with van der Waals surface area (Å²) in [5.74, 6) is 1.69. The van der Waals surface area contributed by atoms with Crippen LogP contribution >= 0.6 is 23.1 Å². The van der Waals surface area contributed by atoms with Gasteiger partial charge in [0.2, 0.25) is 0 Å². The summed E-state index contributed by atoms with van der Waals surface area (Å²) in [5.41, 5.74) is 2.37. The minimum absolute atomic E-state index is 0.131. The van der Waals surface area contributed by atoms with Crippen LogP contribution in [0.15, 0.2) is 76.3 Å². The third kappa shape index (κ3) is 6.02. The summed E-state index contributed by atoms with van der Waals surface area (Å²) in [5, 5.41) is 20.2. The number of thioether (sulfide) groups is 1. The van der Waals surface area contributed by atoms with Gasteiger partial charge in [0.05, 0.1) is 43.1 Å². The normalized spacial score (nSPS) is 14.6. The lowest BCUT2D eigenvalue weighted by Gasteiger charge is -2.22. The van der Waals surface area contributed by atoms with Crippen LogP contribution in [0.4, 0.5) is 0 Å². The van der Waals surface area contributed by atoms with Crippen molar-refractivity contribution < 1.29 is 19.1 Å². The van der Waals surface area contributed by atoms with Gasteiger partial charge in [-0.1, -0.05) is 36.0 Å². The Hall–Kier alpha value is -4.16. The molecule has 10 nitrogen and oxygen atoms in total. The van der Waals surface area contributed by atoms with Crippen LogP contribution in [0, 0.1) is 0 Å². The van der Waals surface area contributed by atoms with E-state index in [1.807, 2.05) is 48.8 Å². The van der Waals surface area contributed by atoms with Gasteiger partial charge in [-0.2, -0.15) is 5.10 Å². The van der Waals surface area contributed by atoms with E-state index in [0.717, 1.165) is 21.9 Å². The van der Waals surface area contributed by atoms with Crippen molar-refractivity contribution in [1.82, 2.24) is 25.1 Å². The minimum atomic E-state index is -0.246. The summed E-state index contributed by atoms with van der Waals surface area (Å²) in [6.07, 6.45) is 0.629. The molecule has 2 aromatic heterocycles. The Bertz CT molecular complexity index is 1520. The molecule has 0 fully saturated rings. The molecule has 206 valence electrons. The van der Waals surface area contributed by atoms with Gasteiger partial charge in [-0.3, -0.25) is 9.59 Å². The van der Waals surface area contributed by atoms with Crippen LogP contribution in [0.1, 0.15) is 39.1 Å². The lowest BCUT2D eigenvalue weighted by atomic mass is 10.0. The first-order valence-electron chi connectivity index (χ1n) is 12.5. The number of benzene rings is 2. The van der Waals surface area contributed by atoms with Crippen molar-refractivity contribution >= 4 is 40.6 Å². The number of hydrogen-bond acceptors (Lipinski definition) is 9. The molecule has 2 amide bonds. The molecule has 1 N–H and O–H groups in total. The molecule has 2 aromatic carbocycles. The molecule has 0 saturated carbocycles. The van der Waals surface area contributed by atoms with Gasteiger partial charge in [-0.15, -0.1) is 21.5 Å². The SMILES string of the molecule is COc1ccc([C@H]2CC(c3cccs3)=NN2C(=O)CSc2nnc(CNC(=O)c3cccc(OC)c3)n2C)cc1. The van der Waals surface area contributed by atoms with Crippen molar-refractivity contribution in [2.24, 2.45) is 12.1 Å². The topological polar surface area (TPSA) is 111 Å². The number of aromatic nitrogens is 3. The van der Waals surface area contributed by atoms with Gasteiger partial charge < -0.3 is 19.4 Å². The highest BCUT2D eigenvalue weighted by Gasteiger charge is 2.33. The van der Waals surface area contributed by atoms with E-state index in [1.54, 1.807) is 59.4 Å². The quantitative estimate of drug-likeness (QED) is 0.280. The van der Waals surface area contributed by atoms with E-state index in [0.29, 0.717) is 28.7 Å². The first-order valence-corrected chi connectivity index (χ1v) is 14.3. The highest BCUT2D eigenvalue weighted by atomic mass is 32.2. The molecule has 4 aromatic rings. The molecule has 1 aliphatic rings. The summed E-state index contributed by atoms with van der Waals surface area (Å²) in [4.78, 5) is 27.0. The molecule has 0 radical (unpaired) electrons. The molecule has 0 aliphatic carbocycles. The number of methoxy groups -OCH3 is 2. The van der Waals surface area contributed by atoms with Gasteiger partial charge in [0.1, 0.15) is 11.5 Å². The monoisotopic (exact) mass is 576 g/mol. The molecular formula is C28H28N6O4S2. The zero-order chi connectivity index (χ0) is 28.1. The third-order valence-electron chi connectivity index (χ3n) is 6.46. The van der Waals surface area contributed by atoms with Gasteiger partial charge in [0, 0.05) is 19.0 Å². The van der Waals surface area contributed by atoms with Crippen LogP contribution in [0.5, 0.6) is 11.5 Å². The predicted molar refractivity (Wildman–Crippen MR) is 154 cm³/mol. The zero-order valence-corrected chi connectivity index (χ0v) is 23.9. The maximum absolute atomic E-state index is 13.4. The summed E-state index contributed by atoms with van der Waals surface area (Å²) in [7, 11) is 4.99. The van der Waals surface area contributed by atoms with E-state index in [2.05, 4.69) is 15.5 Å². The summed E-state index contributed by atoms with van der Waals surface area (Å²) < 4.78 is 12.3. The first kappa shape index (κ1) is 27.4. The summed E-state index contributed by atoms with van der Waals surface area (Å²) >= 11 is 2.89. The number of nitrogens with zero attached hydrogens (tertiary/aromatic N) is 5. The molecule has 0 spiro atoms. The van der Waals surface area contributed by atoms with Gasteiger partial charge >= 0.3 is 0 Å². The number of hydrazone groups is 1. The number of amides is 2. The van der Waals surface area contributed by atoms with Gasteiger partial charge in [0.15, 0.2) is 11.0 Å². The van der Waals surface area contributed by atoms with Crippen LogP contribution in [0.25, 0.3) is 0 Å². The fraction of sp³-hybridized carbons (Fsp3) is 0.250. The van der Waals surface area contributed by atoms with Crippen molar-refractivity contribution in [3.63, 3.8) is 0 Å². The number of rotatable bonds is 10. The van der Waals surface area contributed by atoms with E-state index < -0.39 is 0 Å². The van der Waals surface area contributed by atoms with Gasteiger partial charge in [-0.25, -0.2) is 5.01 Å².